The van der Waals surface area contributed by atoms with Gasteiger partial charge in [-0.05, 0) is 116 Å². The molecule has 0 N–H and O–H groups in total. The number of nitrogens with zero attached hydrogens (tertiary/aromatic N) is 2. The second kappa shape index (κ2) is 15.1. The lowest BCUT2D eigenvalue weighted by molar-refractivity contribution is 0.769. The Morgan fingerprint density at radius 2 is 0.778 bits per heavy atom. The first kappa shape index (κ1) is 36.6. The van der Waals surface area contributed by atoms with Crippen molar-refractivity contribution in [2.24, 2.45) is 0 Å². The highest BCUT2D eigenvalue weighted by atomic mass is 15.1. The largest absolute Gasteiger partial charge is 0.310 e. The van der Waals surface area contributed by atoms with E-state index in [0.717, 1.165) is 22.7 Å². The highest BCUT2D eigenvalue weighted by Crippen LogP contribution is 2.56. The van der Waals surface area contributed by atoms with E-state index in [1.54, 1.807) is 0 Å². The van der Waals surface area contributed by atoms with Crippen LogP contribution in [0.15, 0.2) is 255 Å². The zero-order valence-corrected chi connectivity index (χ0v) is 34.6. The van der Waals surface area contributed by atoms with Gasteiger partial charge in [0.25, 0.3) is 0 Å². The Labute approximate surface area is 368 Å². The van der Waals surface area contributed by atoms with E-state index in [-0.39, 0.29) is 0 Å². The van der Waals surface area contributed by atoms with Crippen molar-refractivity contribution in [3.05, 3.63) is 277 Å². The van der Waals surface area contributed by atoms with E-state index < -0.39 is 5.41 Å². The van der Waals surface area contributed by atoms with Gasteiger partial charge in [-0.2, -0.15) is 0 Å². The predicted molar refractivity (Wildman–Crippen MR) is 264 cm³/mol. The first-order chi connectivity index (χ1) is 31.3. The van der Waals surface area contributed by atoms with Crippen LogP contribution in [0.25, 0.3) is 60.9 Å². The molecular formula is C61H42N2. The third kappa shape index (κ3) is 5.95. The van der Waals surface area contributed by atoms with Crippen molar-refractivity contribution < 1.29 is 0 Å². The van der Waals surface area contributed by atoms with Crippen LogP contribution >= 0.6 is 0 Å². The van der Waals surface area contributed by atoms with Gasteiger partial charge in [-0.25, -0.2) is 0 Å². The first-order valence-electron chi connectivity index (χ1n) is 21.8. The van der Waals surface area contributed by atoms with Gasteiger partial charge in [-0.3, -0.25) is 0 Å². The molecule has 11 aromatic rings. The van der Waals surface area contributed by atoms with Crippen LogP contribution in [0.2, 0.25) is 0 Å². The lowest BCUT2D eigenvalue weighted by Crippen LogP contribution is -2.28. The van der Waals surface area contributed by atoms with E-state index >= 15 is 0 Å². The standard InChI is InChI=1S/C61H42N2/c1-5-17-43(18-6-1)44-29-34-50(35-30-44)62(52-38-40-56-55-26-14-16-28-59(55)63(60(56)42-52)49-23-11-4-12-24-49)51-36-31-45(32-37-51)46-33-39-54-53-25-13-15-27-57(53)61(58(54)41-46,47-19-7-2-8-20-47)48-21-9-3-10-22-48/h1-42H. The van der Waals surface area contributed by atoms with Gasteiger partial charge >= 0.3 is 0 Å². The summed E-state index contributed by atoms with van der Waals surface area (Å²) in [7, 11) is 0. The van der Waals surface area contributed by atoms with Crippen molar-refractivity contribution in [3.8, 4) is 39.1 Å². The molecule has 0 bridgehead atoms. The molecular weight excluding hydrogens is 761 g/mol. The molecule has 1 heterocycles. The molecule has 2 heteroatoms. The lowest BCUT2D eigenvalue weighted by Gasteiger charge is -2.34. The van der Waals surface area contributed by atoms with Crippen LogP contribution in [0.3, 0.4) is 0 Å². The Morgan fingerprint density at radius 1 is 0.302 bits per heavy atom. The molecule has 0 amide bonds. The summed E-state index contributed by atoms with van der Waals surface area (Å²) in [5, 5.41) is 2.47. The van der Waals surface area contributed by atoms with Crippen LogP contribution in [0, 0.1) is 0 Å². The molecule has 12 rings (SSSR count). The van der Waals surface area contributed by atoms with Gasteiger partial charge < -0.3 is 9.47 Å². The summed E-state index contributed by atoms with van der Waals surface area (Å²) in [6.07, 6.45) is 0. The lowest BCUT2D eigenvalue weighted by atomic mass is 9.67. The number of anilines is 3. The van der Waals surface area contributed by atoms with E-state index in [1.165, 1.54) is 77.4 Å². The summed E-state index contributed by atoms with van der Waals surface area (Å²) in [4.78, 5) is 2.39. The Morgan fingerprint density at radius 3 is 1.44 bits per heavy atom. The molecule has 0 spiro atoms. The van der Waals surface area contributed by atoms with Gasteiger partial charge in [-0.1, -0.05) is 194 Å². The van der Waals surface area contributed by atoms with E-state index in [4.69, 9.17) is 0 Å². The summed E-state index contributed by atoms with van der Waals surface area (Å²) in [5.41, 5.74) is 18.8. The number of hydrogen-bond donors (Lipinski definition) is 0. The number of aromatic nitrogens is 1. The normalized spacial score (nSPS) is 12.6. The SMILES string of the molecule is c1ccc(-c2ccc(N(c3ccc(-c4ccc5c(c4)C(c4ccccc4)(c4ccccc4)c4ccccc4-5)cc3)c3ccc4c5ccccc5n(-c5ccccc5)c4c3)cc2)cc1. The fourth-order valence-electron chi connectivity index (χ4n) is 10.3. The Bertz CT molecular complexity index is 3370. The predicted octanol–water partition coefficient (Wildman–Crippen LogP) is 16.0. The minimum absolute atomic E-state index is 0.450. The first-order valence-corrected chi connectivity index (χ1v) is 21.8. The van der Waals surface area contributed by atoms with E-state index in [2.05, 4.69) is 264 Å². The van der Waals surface area contributed by atoms with Crippen molar-refractivity contribution in [2.45, 2.75) is 5.41 Å². The Balaban J connectivity index is 1.00. The van der Waals surface area contributed by atoms with Gasteiger partial charge in [0.2, 0.25) is 0 Å². The second-order valence-corrected chi connectivity index (χ2v) is 16.5. The molecule has 0 saturated heterocycles. The van der Waals surface area contributed by atoms with Gasteiger partial charge in [-0.15, -0.1) is 0 Å². The number of fused-ring (bicyclic) bond motifs is 6. The molecule has 1 aliphatic carbocycles. The average Bonchev–Trinajstić information content (AvgIpc) is 3.86. The van der Waals surface area contributed by atoms with Crippen molar-refractivity contribution in [3.63, 3.8) is 0 Å². The topological polar surface area (TPSA) is 8.17 Å². The third-order valence-corrected chi connectivity index (χ3v) is 13.1. The minimum Gasteiger partial charge on any atom is -0.310 e. The van der Waals surface area contributed by atoms with E-state index in [1.807, 2.05) is 0 Å². The molecule has 0 aliphatic heterocycles. The molecule has 296 valence electrons. The maximum atomic E-state index is 2.45. The van der Waals surface area contributed by atoms with Crippen LogP contribution in [-0.2, 0) is 5.41 Å². The van der Waals surface area contributed by atoms with Crippen LogP contribution in [0.1, 0.15) is 22.3 Å². The maximum absolute atomic E-state index is 2.45. The van der Waals surface area contributed by atoms with Gasteiger partial charge in [0.1, 0.15) is 0 Å². The van der Waals surface area contributed by atoms with Crippen LogP contribution in [0.5, 0.6) is 0 Å². The van der Waals surface area contributed by atoms with E-state index in [9.17, 15) is 0 Å². The molecule has 63 heavy (non-hydrogen) atoms. The van der Waals surface area contributed by atoms with Crippen LogP contribution < -0.4 is 4.90 Å². The highest BCUT2D eigenvalue weighted by Gasteiger charge is 2.46. The molecule has 0 saturated carbocycles. The number of rotatable bonds is 8. The minimum atomic E-state index is -0.450. The molecule has 1 aromatic heterocycles. The molecule has 0 fully saturated rings. The molecule has 1 aliphatic rings. The van der Waals surface area contributed by atoms with Crippen LogP contribution in [0.4, 0.5) is 17.1 Å². The quantitative estimate of drug-likeness (QED) is 0.149. The van der Waals surface area contributed by atoms with Crippen molar-refractivity contribution in [1.82, 2.24) is 4.57 Å². The molecule has 10 aromatic carbocycles. The van der Waals surface area contributed by atoms with E-state index in [0.29, 0.717) is 0 Å². The Kier molecular flexibility index (Phi) is 8.76. The molecule has 0 atom stereocenters. The maximum Gasteiger partial charge on any atom is 0.0713 e. The zero-order valence-electron chi connectivity index (χ0n) is 34.6. The van der Waals surface area contributed by atoms with Gasteiger partial charge in [0, 0.05) is 33.5 Å². The van der Waals surface area contributed by atoms with Crippen molar-refractivity contribution in [2.75, 3.05) is 4.90 Å². The highest BCUT2D eigenvalue weighted by molar-refractivity contribution is 6.10. The monoisotopic (exact) mass is 802 g/mol. The zero-order chi connectivity index (χ0) is 41.7. The second-order valence-electron chi connectivity index (χ2n) is 16.5. The van der Waals surface area contributed by atoms with Gasteiger partial charge in [0.05, 0.1) is 16.4 Å². The third-order valence-electron chi connectivity index (χ3n) is 13.1. The smallest absolute Gasteiger partial charge is 0.0713 e. The summed E-state index contributed by atoms with van der Waals surface area (Å²) in [6.45, 7) is 0. The average molecular weight is 803 g/mol. The summed E-state index contributed by atoms with van der Waals surface area (Å²) in [5.74, 6) is 0. The number of benzene rings is 10. The number of para-hydroxylation sites is 2. The molecule has 0 radical (unpaired) electrons. The Hall–Kier alpha value is -8.20. The van der Waals surface area contributed by atoms with Crippen molar-refractivity contribution in [1.29, 1.82) is 0 Å². The molecule has 0 unspecified atom stereocenters. The fourth-order valence-corrected chi connectivity index (χ4v) is 10.3. The van der Waals surface area contributed by atoms with Gasteiger partial charge in [0.15, 0.2) is 0 Å². The summed E-state index contributed by atoms with van der Waals surface area (Å²) in [6, 6.07) is 93.2. The fraction of sp³-hybridized carbons (Fsp3) is 0.0164. The number of hydrogen-bond acceptors (Lipinski definition) is 1. The summed E-state index contributed by atoms with van der Waals surface area (Å²) >= 11 is 0. The van der Waals surface area contributed by atoms with Crippen molar-refractivity contribution >= 4 is 38.9 Å². The van der Waals surface area contributed by atoms with Crippen LogP contribution in [-0.4, -0.2) is 4.57 Å². The summed E-state index contributed by atoms with van der Waals surface area (Å²) < 4.78 is 2.39. The molecule has 2 nitrogen and oxygen atoms in total.